The van der Waals surface area contributed by atoms with Gasteiger partial charge in [-0.15, -0.1) is 0 Å². The quantitative estimate of drug-likeness (QED) is 0.763. The number of rotatable bonds is 1. The molecule has 2 bridgehead atoms. The van der Waals surface area contributed by atoms with Gasteiger partial charge in [0.25, 0.3) is 0 Å². The molecule has 1 N–H and O–H groups in total. The van der Waals surface area contributed by atoms with Crippen LogP contribution in [0.3, 0.4) is 0 Å². The summed E-state index contributed by atoms with van der Waals surface area (Å²) in [4.78, 5) is 0. The molecular formula is C17H24O. The topological polar surface area (TPSA) is 20.2 Å². The summed E-state index contributed by atoms with van der Waals surface area (Å²) in [5, 5.41) is 9.69. The van der Waals surface area contributed by atoms with Crippen LogP contribution < -0.4 is 0 Å². The molecule has 1 nitrogen and oxygen atoms in total. The van der Waals surface area contributed by atoms with Crippen LogP contribution in [0.1, 0.15) is 57.1 Å². The molecule has 0 heterocycles. The molecule has 3 atom stereocenters. The van der Waals surface area contributed by atoms with Gasteiger partial charge in [-0.05, 0) is 66.0 Å². The average molecular weight is 244 g/mol. The predicted molar refractivity (Wildman–Crippen MR) is 74.8 cm³/mol. The summed E-state index contributed by atoms with van der Waals surface area (Å²) in [6.07, 6.45) is 4.08. The summed E-state index contributed by atoms with van der Waals surface area (Å²) in [6, 6.07) is 6.20. The molecule has 2 fully saturated rings. The second kappa shape index (κ2) is 3.53. The van der Waals surface area contributed by atoms with Crippen LogP contribution in [-0.4, -0.2) is 5.11 Å². The molecule has 0 aromatic heterocycles. The molecule has 0 spiro atoms. The fourth-order valence-corrected chi connectivity index (χ4v) is 4.60. The highest BCUT2D eigenvalue weighted by atomic mass is 16.3. The summed E-state index contributed by atoms with van der Waals surface area (Å²) in [7, 11) is 0. The Morgan fingerprint density at radius 2 is 1.94 bits per heavy atom. The summed E-state index contributed by atoms with van der Waals surface area (Å²) in [6.45, 7) is 9.39. The highest BCUT2D eigenvalue weighted by Gasteiger charge is 2.61. The molecule has 18 heavy (non-hydrogen) atoms. The van der Waals surface area contributed by atoms with Crippen molar-refractivity contribution in [2.45, 2.75) is 52.9 Å². The van der Waals surface area contributed by atoms with Crippen LogP contribution >= 0.6 is 0 Å². The zero-order valence-electron chi connectivity index (χ0n) is 12.0. The van der Waals surface area contributed by atoms with Gasteiger partial charge >= 0.3 is 0 Å². The van der Waals surface area contributed by atoms with Gasteiger partial charge in [-0.3, -0.25) is 0 Å². The summed E-state index contributed by atoms with van der Waals surface area (Å²) < 4.78 is 0. The van der Waals surface area contributed by atoms with Gasteiger partial charge in [0, 0.05) is 0 Å². The number of phenols is 1. The molecule has 0 radical (unpaired) electrons. The van der Waals surface area contributed by atoms with Crippen molar-refractivity contribution in [2.75, 3.05) is 0 Å². The van der Waals surface area contributed by atoms with E-state index in [1.165, 1.54) is 24.8 Å². The van der Waals surface area contributed by atoms with Crippen molar-refractivity contribution in [3.05, 3.63) is 29.3 Å². The van der Waals surface area contributed by atoms with E-state index in [4.69, 9.17) is 0 Å². The van der Waals surface area contributed by atoms with Gasteiger partial charge < -0.3 is 5.11 Å². The van der Waals surface area contributed by atoms with Crippen LogP contribution in [0.15, 0.2) is 18.2 Å². The second-order valence-electron chi connectivity index (χ2n) is 7.21. The van der Waals surface area contributed by atoms with Crippen LogP contribution in [0.4, 0.5) is 0 Å². The van der Waals surface area contributed by atoms with Crippen molar-refractivity contribution in [2.24, 2.45) is 16.7 Å². The number of benzene rings is 1. The van der Waals surface area contributed by atoms with Gasteiger partial charge in [-0.2, -0.15) is 0 Å². The SMILES string of the molecule is Cc1cc([C@H]2C[C@H]3CC[C@@]2(C)C3(C)C)ccc1O. The number of phenolic OH excluding ortho intramolecular Hbond substituents is 1. The second-order valence-corrected chi connectivity index (χ2v) is 7.21. The largest absolute Gasteiger partial charge is 0.508 e. The Bertz CT molecular complexity index is 488. The molecule has 2 aliphatic carbocycles. The van der Waals surface area contributed by atoms with E-state index in [0.29, 0.717) is 22.5 Å². The van der Waals surface area contributed by atoms with E-state index >= 15 is 0 Å². The van der Waals surface area contributed by atoms with E-state index in [2.05, 4.69) is 32.9 Å². The first-order valence-corrected chi connectivity index (χ1v) is 7.16. The van der Waals surface area contributed by atoms with Gasteiger partial charge in [-0.1, -0.05) is 32.9 Å². The Hall–Kier alpha value is -0.980. The standard InChI is InChI=1S/C17H24O/c1-11-9-12(5-6-15(11)18)14-10-13-7-8-17(14,4)16(13,2)3/h5-6,9,13-14,18H,7-8,10H2,1-4H3/t13-,14-,17-/m1/s1. The number of hydrogen-bond donors (Lipinski definition) is 1. The lowest BCUT2D eigenvalue weighted by Crippen LogP contribution is -2.31. The Morgan fingerprint density at radius 1 is 1.22 bits per heavy atom. The molecular weight excluding hydrogens is 220 g/mol. The van der Waals surface area contributed by atoms with E-state index in [9.17, 15) is 5.11 Å². The molecule has 1 aromatic carbocycles. The summed E-state index contributed by atoms with van der Waals surface area (Å²) in [5.41, 5.74) is 3.34. The lowest BCUT2D eigenvalue weighted by atomic mass is 9.65. The molecule has 2 saturated carbocycles. The van der Waals surface area contributed by atoms with Crippen molar-refractivity contribution in [3.8, 4) is 5.75 Å². The minimum absolute atomic E-state index is 0.423. The minimum atomic E-state index is 0.423. The maximum Gasteiger partial charge on any atom is 0.118 e. The van der Waals surface area contributed by atoms with E-state index in [1.807, 2.05) is 13.0 Å². The summed E-state index contributed by atoms with van der Waals surface area (Å²) >= 11 is 0. The Kier molecular flexibility index (Phi) is 2.36. The van der Waals surface area contributed by atoms with Crippen molar-refractivity contribution in [1.29, 1.82) is 0 Å². The number of aryl methyl sites for hydroxylation is 1. The van der Waals surface area contributed by atoms with Gasteiger partial charge in [-0.25, -0.2) is 0 Å². The first-order chi connectivity index (χ1) is 8.36. The highest BCUT2D eigenvalue weighted by molar-refractivity contribution is 5.38. The van der Waals surface area contributed by atoms with Crippen molar-refractivity contribution >= 4 is 0 Å². The van der Waals surface area contributed by atoms with Crippen LogP contribution in [0.2, 0.25) is 0 Å². The minimum Gasteiger partial charge on any atom is -0.508 e. The fourth-order valence-electron chi connectivity index (χ4n) is 4.60. The maximum atomic E-state index is 9.69. The van der Waals surface area contributed by atoms with E-state index < -0.39 is 0 Å². The molecule has 0 unspecified atom stereocenters. The van der Waals surface area contributed by atoms with Gasteiger partial charge in [0.1, 0.15) is 5.75 Å². The maximum absolute atomic E-state index is 9.69. The molecule has 0 amide bonds. The molecule has 3 rings (SSSR count). The smallest absolute Gasteiger partial charge is 0.118 e. The Labute approximate surface area is 110 Å². The molecule has 1 heteroatoms. The van der Waals surface area contributed by atoms with Gasteiger partial charge in [0.2, 0.25) is 0 Å². The first-order valence-electron chi connectivity index (χ1n) is 7.16. The van der Waals surface area contributed by atoms with Crippen molar-refractivity contribution < 1.29 is 5.11 Å². The zero-order chi connectivity index (χ0) is 13.1. The van der Waals surface area contributed by atoms with E-state index in [0.717, 1.165) is 11.5 Å². The van der Waals surface area contributed by atoms with Crippen molar-refractivity contribution in [3.63, 3.8) is 0 Å². The monoisotopic (exact) mass is 244 g/mol. The number of fused-ring (bicyclic) bond motifs is 2. The molecule has 0 saturated heterocycles. The third kappa shape index (κ3) is 1.34. The molecule has 1 aromatic rings. The number of aromatic hydroxyl groups is 1. The van der Waals surface area contributed by atoms with Gasteiger partial charge in [0.05, 0.1) is 0 Å². The van der Waals surface area contributed by atoms with Gasteiger partial charge in [0.15, 0.2) is 0 Å². The van der Waals surface area contributed by atoms with E-state index in [-0.39, 0.29) is 0 Å². The van der Waals surface area contributed by atoms with Crippen LogP contribution in [0, 0.1) is 23.7 Å². The Morgan fingerprint density at radius 3 is 2.44 bits per heavy atom. The lowest BCUT2D eigenvalue weighted by Gasteiger charge is -2.39. The average Bonchev–Trinajstić information content (AvgIpc) is 2.65. The third-order valence-corrected chi connectivity index (χ3v) is 6.42. The number of hydrogen-bond acceptors (Lipinski definition) is 1. The van der Waals surface area contributed by atoms with E-state index in [1.54, 1.807) is 0 Å². The molecule has 98 valence electrons. The van der Waals surface area contributed by atoms with Crippen LogP contribution in [-0.2, 0) is 0 Å². The zero-order valence-corrected chi connectivity index (χ0v) is 12.0. The molecule has 2 aliphatic rings. The normalized spacial score (nSPS) is 37.1. The summed E-state index contributed by atoms with van der Waals surface area (Å²) in [5.74, 6) is 1.97. The van der Waals surface area contributed by atoms with Crippen LogP contribution in [0.5, 0.6) is 5.75 Å². The van der Waals surface area contributed by atoms with Crippen LogP contribution in [0.25, 0.3) is 0 Å². The predicted octanol–water partition coefficient (Wildman–Crippen LogP) is 4.63. The lowest BCUT2D eigenvalue weighted by molar-refractivity contribution is 0.134. The molecule has 0 aliphatic heterocycles. The van der Waals surface area contributed by atoms with Crippen molar-refractivity contribution in [1.82, 2.24) is 0 Å². The fraction of sp³-hybridized carbons (Fsp3) is 0.647. The first kappa shape index (κ1) is 12.1. The third-order valence-electron chi connectivity index (χ3n) is 6.42. The Balaban J connectivity index is 2.02. The highest BCUT2D eigenvalue weighted by Crippen LogP contribution is 2.70.